The van der Waals surface area contributed by atoms with Crippen LogP contribution in [0.15, 0.2) is 60.2 Å². The number of amides is 1. The fraction of sp³-hybridized carbons (Fsp3) is 0.211. The van der Waals surface area contributed by atoms with Gasteiger partial charge in [0.05, 0.1) is 5.69 Å². The van der Waals surface area contributed by atoms with Crippen molar-refractivity contribution in [3.63, 3.8) is 0 Å². The fourth-order valence-corrected chi connectivity index (χ4v) is 3.42. The van der Waals surface area contributed by atoms with Gasteiger partial charge in [0.15, 0.2) is 5.13 Å². The van der Waals surface area contributed by atoms with Crippen LogP contribution >= 0.6 is 11.3 Å². The standard InChI is InChI=1S/C19H19N3OS/c1-15(23)22(13-5-8-16-6-3-2-4-7-16)19-21-18(14-24-19)17-9-11-20-12-10-17/h2-4,6-7,9-12,14H,5,8,13H2,1H3. The average Bonchev–Trinajstić information content (AvgIpc) is 3.10. The second kappa shape index (κ2) is 7.84. The molecule has 0 fully saturated rings. The molecule has 4 nitrogen and oxygen atoms in total. The number of carbonyl (C=O) groups is 1. The Morgan fingerprint density at radius 2 is 1.88 bits per heavy atom. The highest BCUT2D eigenvalue weighted by molar-refractivity contribution is 7.14. The number of hydrogen-bond acceptors (Lipinski definition) is 4. The number of aromatic nitrogens is 2. The molecule has 0 N–H and O–H groups in total. The summed E-state index contributed by atoms with van der Waals surface area (Å²) < 4.78 is 0. The van der Waals surface area contributed by atoms with Crippen LogP contribution in [0.3, 0.4) is 0 Å². The number of thiazole rings is 1. The van der Waals surface area contributed by atoms with Crippen LogP contribution in [-0.2, 0) is 11.2 Å². The smallest absolute Gasteiger partial charge is 0.225 e. The van der Waals surface area contributed by atoms with Crippen LogP contribution < -0.4 is 4.90 Å². The maximum atomic E-state index is 12.0. The Bertz CT molecular complexity index is 787. The molecule has 1 amide bonds. The summed E-state index contributed by atoms with van der Waals surface area (Å²) >= 11 is 1.50. The molecule has 1 aromatic carbocycles. The highest BCUT2D eigenvalue weighted by Crippen LogP contribution is 2.27. The van der Waals surface area contributed by atoms with Gasteiger partial charge in [-0.1, -0.05) is 30.3 Å². The molecule has 0 aliphatic heterocycles. The van der Waals surface area contributed by atoms with E-state index in [1.807, 2.05) is 35.7 Å². The first-order valence-corrected chi connectivity index (χ1v) is 8.80. The summed E-state index contributed by atoms with van der Waals surface area (Å²) in [7, 11) is 0. The van der Waals surface area contributed by atoms with Gasteiger partial charge >= 0.3 is 0 Å². The number of aryl methyl sites for hydroxylation is 1. The topological polar surface area (TPSA) is 46.1 Å². The van der Waals surface area contributed by atoms with Gasteiger partial charge < -0.3 is 0 Å². The van der Waals surface area contributed by atoms with Crippen molar-refractivity contribution in [2.75, 3.05) is 11.4 Å². The molecule has 0 aliphatic rings. The zero-order valence-electron chi connectivity index (χ0n) is 13.6. The molecule has 3 aromatic rings. The number of pyridine rings is 1. The van der Waals surface area contributed by atoms with Crippen molar-refractivity contribution < 1.29 is 4.79 Å². The van der Waals surface area contributed by atoms with E-state index >= 15 is 0 Å². The first-order valence-electron chi connectivity index (χ1n) is 7.92. The van der Waals surface area contributed by atoms with Gasteiger partial charge in [-0.25, -0.2) is 4.98 Å². The minimum atomic E-state index is 0.0266. The summed E-state index contributed by atoms with van der Waals surface area (Å²) in [5.41, 5.74) is 3.18. The largest absolute Gasteiger partial charge is 0.288 e. The van der Waals surface area contributed by atoms with Gasteiger partial charge in [-0.2, -0.15) is 0 Å². The number of carbonyl (C=O) groups excluding carboxylic acids is 1. The molecule has 122 valence electrons. The molecule has 0 saturated heterocycles. The number of nitrogens with zero attached hydrogens (tertiary/aromatic N) is 3. The second-order valence-corrected chi connectivity index (χ2v) is 6.35. The van der Waals surface area contributed by atoms with E-state index in [9.17, 15) is 4.79 Å². The Hall–Kier alpha value is -2.53. The van der Waals surface area contributed by atoms with E-state index in [2.05, 4.69) is 22.1 Å². The molecule has 0 aliphatic carbocycles. The van der Waals surface area contributed by atoms with Gasteiger partial charge in [0.2, 0.25) is 5.91 Å². The summed E-state index contributed by atoms with van der Waals surface area (Å²) in [5, 5.41) is 2.74. The van der Waals surface area contributed by atoms with Crippen molar-refractivity contribution in [3.05, 3.63) is 65.8 Å². The number of rotatable bonds is 6. The third kappa shape index (κ3) is 4.06. The van der Waals surface area contributed by atoms with Crippen molar-refractivity contribution in [1.29, 1.82) is 0 Å². The Labute approximate surface area is 145 Å². The molecule has 0 bridgehead atoms. The van der Waals surface area contributed by atoms with Gasteiger partial charge in [-0.3, -0.25) is 14.7 Å². The maximum absolute atomic E-state index is 12.0. The minimum Gasteiger partial charge on any atom is -0.288 e. The van der Waals surface area contributed by atoms with E-state index in [4.69, 9.17) is 0 Å². The van der Waals surface area contributed by atoms with Crippen LogP contribution in [0.25, 0.3) is 11.3 Å². The predicted molar refractivity (Wildman–Crippen MR) is 98.1 cm³/mol. The third-order valence-corrected chi connectivity index (χ3v) is 4.63. The fourth-order valence-electron chi connectivity index (χ4n) is 2.52. The SMILES string of the molecule is CC(=O)N(CCCc1ccccc1)c1nc(-c2ccncc2)cs1. The lowest BCUT2D eigenvalue weighted by Crippen LogP contribution is -2.29. The van der Waals surface area contributed by atoms with Gasteiger partial charge in [-0.05, 0) is 30.5 Å². The Balaban J connectivity index is 1.67. The number of anilines is 1. The molecular formula is C19H19N3OS. The Morgan fingerprint density at radius 1 is 1.12 bits per heavy atom. The lowest BCUT2D eigenvalue weighted by atomic mass is 10.1. The Kier molecular flexibility index (Phi) is 5.33. The van der Waals surface area contributed by atoms with Crippen molar-refractivity contribution >= 4 is 22.4 Å². The van der Waals surface area contributed by atoms with Crippen LogP contribution in [0.2, 0.25) is 0 Å². The monoisotopic (exact) mass is 337 g/mol. The minimum absolute atomic E-state index is 0.0266. The van der Waals surface area contributed by atoms with Crippen molar-refractivity contribution in [2.45, 2.75) is 19.8 Å². The van der Waals surface area contributed by atoms with Crippen LogP contribution in [0, 0.1) is 0 Å². The first-order chi connectivity index (χ1) is 11.7. The lowest BCUT2D eigenvalue weighted by Gasteiger charge is -2.17. The number of benzene rings is 1. The van der Waals surface area contributed by atoms with Gasteiger partial charge in [-0.15, -0.1) is 11.3 Å². The number of hydrogen-bond donors (Lipinski definition) is 0. The van der Waals surface area contributed by atoms with Gasteiger partial charge in [0.1, 0.15) is 0 Å². The normalized spacial score (nSPS) is 10.5. The van der Waals surface area contributed by atoms with Crippen molar-refractivity contribution in [1.82, 2.24) is 9.97 Å². The molecule has 5 heteroatoms. The van der Waals surface area contributed by atoms with Crippen LogP contribution in [-0.4, -0.2) is 22.4 Å². The zero-order valence-corrected chi connectivity index (χ0v) is 14.4. The predicted octanol–water partition coefficient (Wildman–Crippen LogP) is 4.19. The van der Waals surface area contributed by atoms with E-state index in [1.165, 1.54) is 16.9 Å². The molecule has 3 rings (SSSR count). The molecule has 2 aromatic heterocycles. The van der Waals surface area contributed by atoms with E-state index < -0.39 is 0 Å². The highest BCUT2D eigenvalue weighted by atomic mass is 32.1. The van der Waals surface area contributed by atoms with Crippen LogP contribution in [0.4, 0.5) is 5.13 Å². The van der Waals surface area contributed by atoms with E-state index in [0.717, 1.165) is 29.2 Å². The molecule has 0 radical (unpaired) electrons. The maximum Gasteiger partial charge on any atom is 0.225 e. The third-order valence-electron chi connectivity index (χ3n) is 3.77. The molecule has 0 saturated carbocycles. The summed E-state index contributed by atoms with van der Waals surface area (Å²) in [6, 6.07) is 14.2. The molecule has 0 unspecified atom stereocenters. The van der Waals surface area contributed by atoms with E-state index in [0.29, 0.717) is 6.54 Å². The first kappa shape index (κ1) is 16.3. The second-order valence-electron chi connectivity index (χ2n) is 5.51. The van der Waals surface area contributed by atoms with Crippen LogP contribution in [0.1, 0.15) is 18.9 Å². The van der Waals surface area contributed by atoms with Crippen molar-refractivity contribution in [2.24, 2.45) is 0 Å². The highest BCUT2D eigenvalue weighted by Gasteiger charge is 2.15. The van der Waals surface area contributed by atoms with Crippen LogP contribution in [0.5, 0.6) is 0 Å². The van der Waals surface area contributed by atoms with Gasteiger partial charge in [0, 0.05) is 36.8 Å². The molecule has 0 atom stereocenters. The zero-order chi connectivity index (χ0) is 16.8. The summed E-state index contributed by atoms with van der Waals surface area (Å²) in [5.74, 6) is 0.0266. The molecule has 24 heavy (non-hydrogen) atoms. The van der Waals surface area contributed by atoms with Crippen molar-refractivity contribution in [3.8, 4) is 11.3 Å². The molecular weight excluding hydrogens is 318 g/mol. The average molecular weight is 337 g/mol. The lowest BCUT2D eigenvalue weighted by molar-refractivity contribution is -0.116. The van der Waals surface area contributed by atoms with E-state index in [1.54, 1.807) is 24.2 Å². The summed E-state index contributed by atoms with van der Waals surface area (Å²) in [6.07, 6.45) is 5.36. The summed E-state index contributed by atoms with van der Waals surface area (Å²) in [4.78, 5) is 22.4. The molecule has 2 heterocycles. The summed E-state index contributed by atoms with van der Waals surface area (Å²) in [6.45, 7) is 2.27. The Morgan fingerprint density at radius 3 is 2.58 bits per heavy atom. The van der Waals surface area contributed by atoms with Gasteiger partial charge in [0.25, 0.3) is 0 Å². The van der Waals surface area contributed by atoms with E-state index in [-0.39, 0.29) is 5.91 Å². The molecule has 0 spiro atoms. The quantitative estimate of drug-likeness (QED) is 0.677.